The number of benzene rings is 1. The summed E-state index contributed by atoms with van der Waals surface area (Å²) >= 11 is 10.0. The molecule has 2 rings (SSSR count). The van der Waals surface area contributed by atoms with Crippen molar-refractivity contribution in [3.05, 3.63) is 40.9 Å². The molecule has 0 aromatic heterocycles. The molecule has 1 unspecified atom stereocenters. The maximum atomic E-state index is 11.4. The molecule has 3 nitrogen and oxygen atoms in total. The Morgan fingerprint density at radius 1 is 1.20 bits per heavy atom. The van der Waals surface area contributed by atoms with Crippen molar-refractivity contribution in [3.63, 3.8) is 0 Å². The Morgan fingerprint density at radius 3 is 2.53 bits per heavy atom. The fourth-order valence-corrected chi connectivity index (χ4v) is 1.82. The Balaban J connectivity index is 2.43. The van der Waals surface area contributed by atoms with Crippen LogP contribution >= 0.6 is 24.2 Å². The van der Waals surface area contributed by atoms with Gasteiger partial charge >= 0.3 is 0 Å². The third-order valence-electron chi connectivity index (χ3n) is 2.03. The maximum Gasteiger partial charge on any atom is 0.267 e. The minimum absolute atomic E-state index is 0.159. The second-order valence-corrected chi connectivity index (χ2v) is 3.97. The van der Waals surface area contributed by atoms with Crippen LogP contribution in [0.4, 0.5) is 0 Å². The van der Waals surface area contributed by atoms with Crippen LogP contribution in [0.1, 0.15) is 5.56 Å². The molecule has 0 radical (unpaired) electrons. The monoisotopic (exact) mass is 240 g/mol. The first-order valence-corrected chi connectivity index (χ1v) is 5.28. The molecule has 78 valence electrons. The Labute approximate surface area is 97.9 Å². The summed E-state index contributed by atoms with van der Waals surface area (Å²) in [6, 6.07) is 9.43. The van der Waals surface area contributed by atoms with Gasteiger partial charge in [-0.2, -0.15) is 0 Å². The summed E-state index contributed by atoms with van der Waals surface area (Å²) in [5, 5.41) is 5.70. The van der Waals surface area contributed by atoms with Gasteiger partial charge in [-0.1, -0.05) is 41.9 Å². The van der Waals surface area contributed by atoms with Gasteiger partial charge in [0.15, 0.2) is 0 Å². The van der Waals surface area contributed by atoms with Gasteiger partial charge in [-0.15, -0.1) is 12.6 Å². The predicted molar refractivity (Wildman–Crippen MR) is 63.3 cm³/mol. The van der Waals surface area contributed by atoms with Crippen molar-refractivity contribution < 1.29 is 4.79 Å². The van der Waals surface area contributed by atoms with Crippen molar-refractivity contribution in [1.29, 1.82) is 0 Å². The van der Waals surface area contributed by atoms with Crippen LogP contribution in [0.25, 0.3) is 5.70 Å². The molecule has 0 aliphatic carbocycles. The second-order valence-electron chi connectivity index (χ2n) is 3.08. The summed E-state index contributed by atoms with van der Waals surface area (Å²) in [5.74, 6) is -0.311. The number of amides is 1. The van der Waals surface area contributed by atoms with Gasteiger partial charge < -0.3 is 10.6 Å². The molecule has 0 fully saturated rings. The second kappa shape index (κ2) is 4.16. The number of hydrogen-bond donors (Lipinski definition) is 3. The van der Waals surface area contributed by atoms with Gasteiger partial charge in [0.2, 0.25) is 0 Å². The average molecular weight is 241 g/mol. The predicted octanol–water partition coefficient (Wildman–Crippen LogP) is 1.53. The van der Waals surface area contributed by atoms with Crippen molar-refractivity contribution in [3.8, 4) is 0 Å². The van der Waals surface area contributed by atoms with E-state index in [0.717, 1.165) is 5.56 Å². The molecular weight excluding hydrogens is 232 g/mol. The fourth-order valence-electron chi connectivity index (χ4n) is 1.35. The highest BCUT2D eigenvalue weighted by atomic mass is 35.5. The van der Waals surface area contributed by atoms with E-state index in [2.05, 4.69) is 23.3 Å². The molecule has 1 aromatic carbocycles. The highest BCUT2D eigenvalue weighted by molar-refractivity contribution is 7.80. The van der Waals surface area contributed by atoms with E-state index in [1.165, 1.54) is 0 Å². The van der Waals surface area contributed by atoms with Crippen LogP contribution in [0.5, 0.6) is 0 Å². The maximum absolute atomic E-state index is 11.4. The summed E-state index contributed by atoms with van der Waals surface area (Å²) < 4.78 is 0. The molecule has 5 heteroatoms. The van der Waals surface area contributed by atoms with Crippen LogP contribution in [0.2, 0.25) is 0 Å². The summed E-state index contributed by atoms with van der Waals surface area (Å²) in [4.78, 5) is 11.4. The van der Waals surface area contributed by atoms with Crippen LogP contribution in [-0.2, 0) is 4.79 Å². The Kier molecular flexibility index (Phi) is 2.88. The van der Waals surface area contributed by atoms with E-state index < -0.39 is 5.50 Å². The van der Waals surface area contributed by atoms with Gasteiger partial charge in [-0.25, -0.2) is 0 Å². The first-order valence-electron chi connectivity index (χ1n) is 4.39. The molecule has 1 aliphatic heterocycles. The van der Waals surface area contributed by atoms with E-state index >= 15 is 0 Å². The standard InChI is InChI=1S/C10H9ClN2OS/c11-7-8(6-4-2-1-3-5-6)12-10(15)13-9(7)14/h1-5,10,12,15H,(H,13,14). The van der Waals surface area contributed by atoms with Crippen LogP contribution < -0.4 is 10.6 Å². The van der Waals surface area contributed by atoms with Gasteiger partial charge in [0, 0.05) is 0 Å². The minimum Gasteiger partial charge on any atom is -0.355 e. The lowest BCUT2D eigenvalue weighted by Crippen LogP contribution is -2.45. The molecule has 1 atom stereocenters. The molecule has 0 bridgehead atoms. The minimum atomic E-state index is -0.407. The van der Waals surface area contributed by atoms with Crippen molar-refractivity contribution >= 4 is 35.8 Å². The van der Waals surface area contributed by atoms with Crippen molar-refractivity contribution in [2.45, 2.75) is 5.50 Å². The molecule has 2 N–H and O–H groups in total. The topological polar surface area (TPSA) is 41.1 Å². The van der Waals surface area contributed by atoms with E-state index in [1.807, 2.05) is 30.3 Å². The number of halogens is 1. The van der Waals surface area contributed by atoms with Crippen molar-refractivity contribution in [2.24, 2.45) is 0 Å². The highest BCUT2D eigenvalue weighted by Crippen LogP contribution is 2.22. The third kappa shape index (κ3) is 2.11. The average Bonchev–Trinajstić information content (AvgIpc) is 2.24. The smallest absolute Gasteiger partial charge is 0.267 e. The number of rotatable bonds is 1. The number of thiol groups is 1. The molecule has 1 heterocycles. The SMILES string of the molecule is O=C1NC(S)NC(c2ccccc2)=C1Cl. The molecule has 0 saturated heterocycles. The number of carbonyl (C=O) groups is 1. The first-order chi connectivity index (χ1) is 7.18. The zero-order chi connectivity index (χ0) is 10.8. The lowest BCUT2D eigenvalue weighted by molar-refractivity contribution is -0.117. The van der Waals surface area contributed by atoms with Gasteiger partial charge in [-0.3, -0.25) is 4.79 Å². The van der Waals surface area contributed by atoms with Gasteiger partial charge in [0.25, 0.3) is 5.91 Å². The van der Waals surface area contributed by atoms with Crippen LogP contribution in [0, 0.1) is 0 Å². The van der Waals surface area contributed by atoms with Gasteiger partial charge in [-0.05, 0) is 5.56 Å². The first kappa shape index (κ1) is 10.4. The van der Waals surface area contributed by atoms with E-state index in [4.69, 9.17) is 11.6 Å². The molecule has 1 aromatic rings. The van der Waals surface area contributed by atoms with Crippen LogP contribution in [-0.4, -0.2) is 11.4 Å². The molecule has 0 spiro atoms. The third-order valence-corrected chi connectivity index (χ3v) is 2.65. The fraction of sp³-hybridized carbons (Fsp3) is 0.100. The summed E-state index contributed by atoms with van der Waals surface area (Å²) in [6.07, 6.45) is 0. The zero-order valence-corrected chi connectivity index (χ0v) is 9.35. The zero-order valence-electron chi connectivity index (χ0n) is 7.70. The van der Waals surface area contributed by atoms with Gasteiger partial charge in [0.1, 0.15) is 10.5 Å². The molecule has 0 saturated carbocycles. The van der Waals surface area contributed by atoms with Crippen LogP contribution in [0.15, 0.2) is 35.4 Å². The summed E-state index contributed by atoms with van der Waals surface area (Å²) in [7, 11) is 0. The summed E-state index contributed by atoms with van der Waals surface area (Å²) in [6.45, 7) is 0. The van der Waals surface area contributed by atoms with Gasteiger partial charge in [0.05, 0.1) is 5.70 Å². The van der Waals surface area contributed by atoms with E-state index in [-0.39, 0.29) is 10.9 Å². The highest BCUT2D eigenvalue weighted by Gasteiger charge is 2.23. The largest absolute Gasteiger partial charge is 0.355 e. The Morgan fingerprint density at radius 2 is 1.87 bits per heavy atom. The van der Waals surface area contributed by atoms with Crippen LogP contribution in [0.3, 0.4) is 0 Å². The van der Waals surface area contributed by atoms with Crippen molar-refractivity contribution in [1.82, 2.24) is 10.6 Å². The quantitative estimate of drug-likeness (QED) is 0.652. The number of carbonyl (C=O) groups excluding carboxylic acids is 1. The van der Waals surface area contributed by atoms with E-state index in [0.29, 0.717) is 5.70 Å². The molecule has 1 aliphatic rings. The Hall–Kier alpha value is -1.13. The molecular formula is C10H9ClN2OS. The van der Waals surface area contributed by atoms with Crippen molar-refractivity contribution in [2.75, 3.05) is 0 Å². The lowest BCUT2D eigenvalue weighted by atomic mass is 10.1. The summed E-state index contributed by atoms with van der Waals surface area (Å²) in [5.41, 5.74) is 1.08. The lowest BCUT2D eigenvalue weighted by Gasteiger charge is -2.24. The number of hydrogen-bond acceptors (Lipinski definition) is 3. The van der Waals surface area contributed by atoms with E-state index in [1.54, 1.807) is 0 Å². The number of nitrogens with one attached hydrogen (secondary N) is 2. The van der Waals surface area contributed by atoms with E-state index in [9.17, 15) is 4.79 Å². The molecule has 15 heavy (non-hydrogen) atoms. The normalized spacial score (nSPS) is 20.9. The Bertz CT molecular complexity index is 419. The molecule has 1 amide bonds.